The van der Waals surface area contributed by atoms with Gasteiger partial charge in [0, 0.05) is 31.9 Å². The SMILES string of the molecule is CC(C)c1ccc(N2CCNCC2)c(CC2CC2)c1. The lowest BCUT2D eigenvalue weighted by molar-refractivity contribution is 0.587. The standard InChI is InChI=1S/C17H26N2/c1-13(2)15-5-6-17(19-9-7-18-8-10-19)16(12-15)11-14-3-4-14/h5-6,12-14,18H,3-4,7-11H2,1-2H3. The van der Waals surface area contributed by atoms with Gasteiger partial charge in [0.05, 0.1) is 0 Å². The number of rotatable bonds is 4. The van der Waals surface area contributed by atoms with E-state index in [0.717, 1.165) is 32.1 Å². The van der Waals surface area contributed by atoms with Crippen LogP contribution < -0.4 is 10.2 Å². The summed E-state index contributed by atoms with van der Waals surface area (Å²) >= 11 is 0. The summed E-state index contributed by atoms with van der Waals surface area (Å²) < 4.78 is 0. The molecular formula is C17H26N2. The van der Waals surface area contributed by atoms with Crippen molar-refractivity contribution < 1.29 is 0 Å². The molecular weight excluding hydrogens is 232 g/mol. The molecule has 1 aromatic rings. The highest BCUT2D eigenvalue weighted by molar-refractivity contribution is 5.56. The van der Waals surface area contributed by atoms with E-state index in [0.29, 0.717) is 5.92 Å². The molecule has 0 spiro atoms. The molecule has 1 aromatic carbocycles. The molecule has 0 atom stereocenters. The molecule has 19 heavy (non-hydrogen) atoms. The quantitative estimate of drug-likeness (QED) is 0.892. The van der Waals surface area contributed by atoms with Gasteiger partial charge in [-0.05, 0) is 48.3 Å². The zero-order valence-electron chi connectivity index (χ0n) is 12.3. The average Bonchev–Trinajstić information content (AvgIpc) is 3.23. The first-order chi connectivity index (χ1) is 9.24. The Kier molecular flexibility index (Phi) is 3.79. The van der Waals surface area contributed by atoms with Gasteiger partial charge in [-0.15, -0.1) is 0 Å². The summed E-state index contributed by atoms with van der Waals surface area (Å²) in [5, 5.41) is 3.45. The van der Waals surface area contributed by atoms with Crippen LogP contribution in [-0.2, 0) is 6.42 Å². The van der Waals surface area contributed by atoms with Crippen molar-refractivity contribution in [1.82, 2.24) is 5.32 Å². The normalized spacial score (nSPS) is 20.1. The van der Waals surface area contributed by atoms with Crippen LogP contribution in [-0.4, -0.2) is 26.2 Å². The second-order valence-corrected chi connectivity index (χ2v) is 6.43. The molecule has 2 heteroatoms. The second kappa shape index (κ2) is 5.54. The average molecular weight is 258 g/mol. The van der Waals surface area contributed by atoms with Gasteiger partial charge in [0.2, 0.25) is 0 Å². The molecule has 0 radical (unpaired) electrons. The first-order valence-corrected chi connectivity index (χ1v) is 7.82. The van der Waals surface area contributed by atoms with Crippen LogP contribution in [0.15, 0.2) is 18.2 Å². The van der Waals surface area contributed by atoms with Crippen LogP contribution in [0.25, 0.3) is 0 Å². The molecule has 2 aliphatic rings. The van der Waals surface area contributed by atoms with Crippen LogP contribution in [0.1, 0.15) is 43.7 Å². The lowest BCUT2D eigenvalue weighted by atomic mass is 9.96. The Hall–Kier alpha value is -1.02. The Morgan fingerprint density at radius 3 is 2.58 bits per heavy atom. The van der Waals surface area contributed by atoms with Crippen LogP contribution in [0.5, 0.6) is 0 Å². The highest BCUT2D eigenvalue weighted by Gasteiger charge is 2.24. The van der Waals surface area contributed by atoms with E-state index in [2.05, 4.69) is 42.3 Å². The maximum absolute atomic E-state index is 3.45. The predicted octanol–water partition coefficient (Wildman–Crippen LogP) is 3.17. The number of hydrogen-bond acceptors (Lipinski definition) is 2. The van der Waals surface area contributed by atoms with Gasteiger partial charge < -0.3 is 10.2 Å². The van der Waals surface area contributed by atoms with Crippen molar-refractivity contribution in [3.05, 3.63) is 29.3 Å². The van der Waals surface area contributed by atoms with Crippen molar-refractivity contribution in [3.8, 4) is 0 Å². The fraction of sp³-hybridized carbons (Fsp3) is 0.647. The molecule has 0 unspecified atom stereocenters. The van der Waals surface area contributed by atoms with E-state index >= 15 is 0 Å². The number of benzene rings is 1. The smallest absolute Gasteiger partial charge is 0.0399 e. The van der Waals surface area contributed by atoms with Crippen molar-refractivity contribution in [1.29, 1.82) is 0 Å². The Morgan fingerprint density at radius 2 is 1.95 bits per heavy atom. The maximum Gasteiger partial charge on any atom is 0.0399 e. The summed E-state index contributed by atoms with van der Waals surface area (Å²) in [5.41, 5.74) is 4.59. The first kappa shape index (κ1) is 13.0. The lowest BCUT2D eigenvalue weighted by Gasteiger charge is -2.31. The minimum absolute atomic E-state index is 0.634. The van der Waals surface area contributed by atoms with E-state index in [-0.39, 0.29) is 0 Å². The Labute approximate surface area is 117 Å². The van der Waals surface area contributed by atoms with Crippen LogP contribution >= 0.6 is 0 Å². The van der Waals surface area contributed by atoms with Gasteiger partial charge in [-0.25, -0.2) is 0 Å². The zero-order valence-corrected chi connectivity index (χ0v) is 12.3. The largest absolute Gasteiger partial charge is 0.369 e. The van der Waals surface area contributed by atoms with Crippen LogP contribution in [0.4, 0.5) is 5.69 Å². The van der Waals surface area contributed by atoms with Gasteiger partial charge in [-0.2, -0.15) is 0 Å². The van der Waals surface area contributed by atoms with E-state index in [4.69, 9.17) is 0 Å². The minimum atomic E-state index is 0.634. The Morgan fingerprint density at radius 1 is 1.21 bits per heavy atom. The molecule has 0 bridgehead atoms. The molecule has 2 fully saturated rings. The van der Waals surface area contributed by atoms with Crippen molar-refractivity contribution >= 4 is 5.69 Å². The zero-order chi connectivity index (χ0) is 13.2. The third-order valence-electron chi connectivity index (χ3n) is 4.43. The number of piperazine rings is 1. The molecule has 0 amide bonds. The highest BCUT2D eigenvalue weighted by atomic mass is 15.2. The van der Waals surface area contributed by atoms with E-state index in [1.165, 1.54) is 30.5 Å². The van der Waals surface area contributed by atoms with Crippen molar-refractivity contribution in [2.45, 2.75) is 39.0 Å². The molecule has 1 saturated carbocycles. The van der Waals surface area contributed by atoms with Gasteiger partial charge in [-0.1, -0.05) is 26.0 Å². The molecule has 0 aromatic heterocycles. The van der Waals surface area contributed by atoms with Gasteiger partial charge in [0.15, 0.2) is 0 Å². The van der Waals surface area contributed by atoms with E-state index in [1.807, 2.05) is 0 Å². The van der Waals surface area contributed by atoms with Gasteiger partial charge in [0.25, 0.3) is 0 Å². The van der Waals surface area contributed by atoms with Crippen molar-refractivity contribution in [2.24, 2.45) is 5.92 Å². The van der Waals surface area contributed by atoms with E-state index < -0.39 is 0 Å². The number of nitrogens with zero attached hydrogens (tertiary/aromatic N) is 1. The molecule has 1 N–H and O–H groups in total. The van der Waals surface area contributed by atoms with E-state index in [1.54, 1.807) is 5.56 Å². The minimum Gasteiger partial charge on any atom is -0.369 e. The van der Waals surface area contributed by atoms with Crippen molar-refractivity contribution in [3.63, 3.8) is 0 Å². The van der Waals surface area contributed by atoms with E-state index in [9.17, 15) is 0 Å². The summed E-state index contributed by atoms with van der Waals surface area (Å²) in [6, 6.07) is 7.18. The predicted molar refractivity (Wildman–Crippen MR) is 82.0 cm³/mol. The van der Waals surface area contributed by atoms with Crippen LogP contribution in [0.3, 0.4) is 0 Å². The molecule has 104 valence electrons. The van der Waals surface area contributed by atoms with Gasteiger partial charge >= 0.3 is 0 Å². The fourth-order valence-corrected chi connectivity index (χ4v) is 2.98. The third kappa shape index (κ3) is 3.11. The highest BCUT2D eigenvalue weighted by Crippen LogP contribution is 2.36. The Bertz CT molecular complexity index is 429. The molecule has 3 rings (SSSR count). The number of hydrogen-bond donors (Lipinski definition) is 1. The monoisotopic (exact) mass is 258 g/mol. The van der Waals surface area contributed by atoms with Gasteiger partial charge in [-0.3, -0.25) is 0 Å². The van der Waals surface area contributed by atoms with Crippen molar-refractivity contribution in [2.75, 3.05) is 31.1 Å². The summed E-state index contributed by atoms with van der Waals surface area (Å²) in [6.07, 6.45) is 4.17. The van der Waals surface area contributed by atoms with Crippen LogP contribution in [0, 0.1) is 5.92 Å². The summed E-state index contributed by atoms with van der Waals surface area (Å²) in [6.45, 7) is 9.13. The summed E-state index contributed by atoms with van der Waals surface area (Å²) in [5.74, 6) is 1.60. The molecule has 1 saturated heterocycles. The fourth-order valence-electron chi connectivity index (χ4n) is 2.98. The Balaban J connectivity index is 1.87. The number of nitrogens with one attached hydrogen (secondary N) is 1. The van der Waals surface area contributed by atoms with Gasteiger partial charge in [0.1, 0.15) is 0 Å². The second-order valence-electron chi connectivity index (χ2n) is 6.43. The molecule has 2 nitrogen and oxygen atoms in total. The molecule has 1 aliphatic carbocycles. The lowest BCUT2D eigenvalue weighted by Crippen LogP contribution is -2.43. The summed E-state index contributed by atoms with van der Waals surface area (Å²) in [7, 11) is 0. The third-order valence-corrected chi connectivity index (χ3v) is 4.43. The maximum atomic E-state index is 3.45. The topological polar surface area (TPSA) is 15.3 Å². The number of anilines is 1. The molecule has 1 heterocycles. The first-order valence-electron chi connectivity index (χ1n) is 7.82. The van der Waals surface area contributed by atoms with Crippen LogP contribution in [0.2, 0.25) is 0 Å². The molecule has 1 aliphatic heterocycles. The summed E-state index contributed by atoms with van der Waals surface area (Å²) in [4.78, 5) is 2.57.